The van der Waals surface area contributed by atoms with Crippen LogP contribution in [0.3, 0.4) is 0 Å². The minimum absolute atomic E-state index is 0.110. The van der Waals surface area contributed by atoms with Gasteiger partial charge in [0.25, 0.3) is 0 Å². The maximum Gasteiger partial charge on any atom is 0.243 e. The zero-order valence-electron chi connectivity index (χ0n) is 17.8. The maximum atomic E-state index is 13.0. The van der Waals surface area contributed by atoms with Crippen molar-refractivity contribution in [2.75, 3.05) is 44.2 Å². The second-order valence-corrected chi connectivity index (χ2v) is 10.4. The largest absolute Gasteiger partial charge is 0.371 e. The molecule has 2 saturated heterocycles. The molecular weight excluding hydrogens is 448 g/mol. The summed E-state index contributed by atoms with van der Waals surface area (Å²) in [6, 6.07) is 10.5. The van der Waals surface area contributed by atoms with Crippen molar-refractivity contribution in [3.63, 3.8) is 0 Å². The lowest BCUT2D eigenvalue weighted by molar-refractivity contribution is -0.134. The summed E-state index contributed by atoms with van der Waals surface area (Å²) in [5.74, 6) is 0.306. The number of halogens is 1. The van der Waals surface area contributed by atoms with E-state index < -0.39 is 10.0 Å². The van der Waals surface area contributed by atoms with Gasteiger partial charge in [-0.05, 0) is 54.7 Å². The van der Waals surface area contributed by atoms with Crippen LogP contribution < -0.4 is 4.90 Å². The van der Waals surface area contributed by atoms with Crippen LogP contribution in [-0.4, -0.2) is 67.8 Å². The molecule has 1 amide bonds. The number of amides is 1. The number of carbonyl (C=O) groups excluding carboxylic acids is 1. The predicted molar refractivity (Wildman–Crippen MR) is 126 cm³/mol. The number of piperazine rings is 1. The molecule has 3 heterocycles. The van der Waals surface area contributed by atoms with E-state index in [1.165, 1.54) is 15.5 Å². The number of pyridine rings is 1. The Morgan fingerprint density at radius 2 is 1.69 bits per heavy atom. The van der Waals surface area contributed by atoms with Gasteiger partial charge in [-0.3, -0.25) is 9.78 Å². The number of hydrogen-bond donors (Lipinski definition) is 0. The maximum absolute atomic E-state index is 13.0. The third kappa shape index (κ3) is 5.14. The molecule has 4 rings (SSSR count). The lowest BCUT2D eigenvalue weighted by Crippen LogP contribution is -2.53. The van der Waals surface area contributed by atoms with Crippen molar-refractivity contribution < 1.29 is 13.2 Å². The van der Waals surface area contributed by atoms with Gasteiger partial charge in [-0.15, -0.1) is 0 Å². The number of carbonyl (C=O) groups is 1. The zero-order chi connectivity index (χ0) is 22.6. The number of aromatic nitrogens is 1. The molecule has 2 aliphatic rings. The highest BCUT2D eigenvalue weighted by Crippen LogP contribution is 2.25. The van der Waals surface area contributed by atoms with E-state index in [-0.39, 0.29) is 17.3 Å². The normalized spacial score (nSPS) is 19.1. The van der Waals surface area contributed by atoms with Gasteiger partial charge in [0, 0.05) is 56.3 Å². The van der Waals surface area contributed by atoms with Gasteiger partial charge in [-0.2, -0.15) is 4.31 Å². The van der Waals surface area contributed by atoms with Crippen molar-refractivity contribution in [1.82, 2.24) is 14.2 Å². The van der Waals surface area contributed by atoms with Gasteiger partial charge in [0.2, 0.25) is 15.9 Å². The summed E-state index contributed by atoms with van der Waals surface area (Å²) in [6.07, 6.45) is 7.31. The summed E-state index contributed by atoms with van der Waals surface area (Å²) in [4.78, 5) is 21.2. The van der Waals surface area contributed by atoms with Gasteiger partial charge in [0.05, 0.1) is 11.4 Å². The van der Waals surface area contributed by atoms with Gasteiger partial charge >= 0.3 is 0 Å². The molecule has 2 aliphatic heterocycles. The van der Waals surface area contributed by atoms with Crippen molar-refractivity contribution in [3.8, 4) is 0 Å². The Kier molecular flexibility index (Phi) is 7.13. The van der Waals surface area contributed by atoms with Crippen LogP contribution >= 0.6 is 11.6 Å². The molecule has 170 valence electrons. The third-order valence-electron chi connectivity index (χ3n) is 6.18. The summed E-state index contributed by atoms with van der Waals surface area (Å²) in [7, 11) is -3.70. The Morgan fingerprint density at radius 3 is 2.31 bits per heavy atom. The standard InChI is InChI=1S/C23H27ClN4O3S/c24-10-5-19-1-3-22(4-2-19)32(30,31)28-16-15-27(23(29)18-28)17-20-8-13-26(14-9-20)21-6-11-25-12-7-21/h1-7,10-12,20H,8-9,13-18H2. The summed E-state index contributed by atoms with van der Waals surface area (Å²) in [6.45, 7) is 3.22. The van der Waals surface area contributed by atoms with Crippen LogP contribution in [0.15, 0.2) is 59.2 Å². The van der Waals surface area contributed by atoms with Crippen LogP contribution in [0.2, 0.25) is 0 Å². The minimum Gasteiger partial charge on any atom is -0.371 e. The van der Waals surface area contributed by atoms with Gasteiger partial charge in [-0.1, -0.05) is 23.7 Å². The molecule has 7 nitrogen and oxygen atoms in total. The highest BCUT2D eigenvalue weighted by Gasteiger charge is 2.34. The molecular formula is C23H27ClN4O3S. The van der Waals surface area contributed by atoms with E-state index in [9.17, 15) is 13.2 Å². The number of rotatable bonds is 6. The molecule has 0 unspecified atom stereocenters. The van der Waals surface area contributed by atoms with Gasteiger partial charge < -0.3 is 9.80 Å². The monoisotopic (exact) mass is 474 g/mol. The zero-order valence-corrected chi connectivity index (χ0v) is 19.4. The lowest BCUT2D eigenvalue weighted by atomic mass is 9.95. The van der Waals surface area contributed by atoms with Crippen molar-refractivity contribution in [2.45, 2.75) is 17.7 Å². The Morgan fingerprint density at radius 1 is 1.00 bits per heavy atom. The first-order valence-corrected chi connectivity index (χ1v) is 12.6. The fourth-order valence-electron chi connectivity index (χ4n) is 4.30. The lowest BCUT2D eigenvalue weighted by Gasteiger charge is -2.38. The van der Waals surface area contributed by atoms with Crippen molar-refractivity contribution in [3.05, 3.63) is 59.9 Å². The SMILES string of the molecule is O=C1CN(S(=O)(=O)c2ccc(C=CCl)cc2)CCN1CC1CCN(c2ccncc2)CC1. The Bertz CT molecular complexity index is 1050. The average Bonchev–Trinajstić information content (AvgIpc) is 2.82. The van der Waals surface area contributed by atoms with Crippen LogP contribution in [0, 0.1) is 5.92 Å². The molecule has 2 fully saturated rings. The van der Waals surface area contributed by atoms with Crippen molar-refractivity contribution >= 4 is 39.3 Å². The van der Waals surface area contributed by atoms with E-state index >= 15 is 0 Å². The first-order valence-electron chi connectivity index (χ1n) is 10.8. The molecule has 9 heteroatoms. The number of hydrogen-bond acceptors (Lipinski definition) is 5. The predicted octanol–water partition coefficient (Wildman–Crippen LogP) is 3.04. The third-order valence-corrected chi connectivity index (χ3v) is 8.16. The van der Waals surface area contributed by atoms with Crippen molar-refractivity contribution in [1.29, 1.82) is 0 Å². The molecule has 0 N–H and O–H groups in total. The first kappa shape index (κ1) is 22.8. The summed E-state index contributed by atoms with van der Waals surface area (Å²) in [5, 5.41) is 0. The van der Waals surface area contributed by atoms with Crippen LogP contribution in [0.25, 0.3) is 6.08 Å². The van der Waals surface area contributed by atoms with E-state index in [4.69, 9.17) is 11.6 Å². The molecule has 1 aromatic heterocycles. The Labute approximate surface area is 194 Å². The van der Waals surface area contributed by atoms with Crippen LogP contribution in [0.4, 0.5) is 5.69 Å². The second-order valence-electron chi connectivity index (χ2n) is 8.18. The van der Waals surface area contributed by atoms with Crippen molar-refractivity contribution in [2.24, 2.45) is 5.92 Å². The molecule has 0 radical (unpaired) electrons. The topological polar surface area (TPSA) is 73.8 Å². The fraction of sp³-hybridized carbons (Fsp3) is 0.391. The molecule has 0 saturated carbocycles. The first-order chi connectivity index (χ1) is 15.5. The van der Waals surface area contributed by atoms with Gasteiger partial charge in [0.1, 0.15) is 0 Å². The molecule has 2 aromatic rings. The molecule has 0 atom stereocenters. The number of benzene rings is 1. The summed E-state index contributed by atoms with van der Waals surface area (Å²) >= 11 is 5.57. The summed E-state index contributed by atoms with van der Waals surface area (Å²) in [5.41, 5.74) is 3.37. The van der Waals surface area contributed by atoms with Crippen LogP contribution in [-0.2, 0) is 14.8 Å². The van der Waals surface area contributed by atoms with Gasteiger partial charge in [0.15, 0.2) is 0 Å². The van der Waals surface area contributed by atoms with E-state index in [1.807, 2.05) is 17.0 Å². The molecule has 0 aliphatic carbocycles. The average molecular weight is 475 g/mol. The Hall–Kier alpha value is -2.42. The molecule has 0 bridgehead atoms. The molecule has 32 heavy (non-hydrogen) atoms. The van der Waals surface area contributed by atoms with E-state index in [0.29, 0.717) is 25.6 Å². The summed E-state index contributed by atoms with van der Waals surface area (Å²) < 4.78 is 27.2. The Balaban J connectivity index is 1.31. The van der Waals surface area contributed by atoms with E-state index in [0.717, 1.165) is 31.5 Å². The minimum atomic E-state index is -3.70. The highest BCUT2D eigenvalue weighted by atomic mass is 35.5. The van der Waals surface area contributed by atoms with E-state index in [2.05, 4.69) is 9.88 Å². The number of anilines is 1. The number of nitrogens with zero attached hydrogens (tertiary/aromatic N) is 4. The molecule has 1 aromatic carbocycles. The van der Waals surface area contributed by atoms with Gasteiger partial charge in [-0.25, -0.2) is 8.42 Å². The van der Waals surface area contributed by atoms with E-state index in [1.54, 1.807) is 42.7 Å². The number of piperidine rings is 1. The van der Waals surface area contributed by atoms with Crippen LogP contribution in [0.5, 0.6) is 0 Å². The number of sulfonamides is 1. The quantitative estimate of drug-likeness (QED) is 0.643. The second kappa shape index (κ2) is 10.0. The highest BCUT2D eigenvalue weighted by molar-refractivity contribution is 7.89. The smallest absolute Gasteiger partial charge is 0.243 e. The van der Waals surface area contributed by atoms with Crippen LogP contribution in [0.1, 0.15) is 18.4 Å². The molecule has 0 spiro atoms. The fourth-order valence-corrected chi connectivity index (χ4v) is 5.82.